The monoisotopic (exact) mass is 1460 g/mol. The molecule has 1 fully saturated rings. The molecule has 6 aromatic carbocycles. The molecule has 0 aliphatic carbocycles. The van der Waals surface area contributed by atoms with Crippen molar-refractivity contribution >= 4 is 149 Å². The van der Waals surface area contributed by atoms with Gasteiger partial charge >= 0.3 is 17.9 Å². The molecule has 9 atom stereocenters. The van der Waals surface area contributed by atoms with Gasteiger partial charge in [-0.3, -0.25) is 86.5 Å². The van der Waals surface area contributed by atoms with Crippen LogP contribution in [0.4, 0.5) is 0 Å². The molecule has 35 heteroatoms. The number of primary amides is 1. The lowest BCUT2D eigenvalue weighted by Gasteiger charge is -2.32. The van der Waals surface area contributed by atoms with Crippen molar-refractivity contribution in [1.82, 2.24) is 52.3 Å². The molecular weight excluding hydrogens is 1390 g/mol. The van der Waals surface area contributed by atoms with Gasteiger partial charge in [0.15, 0.2) is 0 Å². The van der Waals surface area contributed by atoms with Gasteiger partial charge in [0.2, 0.25) is 70.9 Å². The van der Waals surface area contributed by atoms with Gasteiger partial charge in [-0.15, -0.1) is 0 Å². The van der Waals surface area contributed by atoms with Crippen LogP contribution in [-0.4, -0.2) is 214 Å². The maximum absolute atomic E-state index is 15.2. The highest BCUT2D eigenvalue weighted by molar-refractivity contribution is 8.76. The topological polar surface area (TPSA) is 523 Å². The molecule has 5 unspecified atom stereocenters. The van der Waals surface area contributed by atoms with Crippen LogP contribution in [0.25, 0.3) is 32.3 Å². The van der Waals surface area contributed by atoms with Gasteiger partial charge in [-0.1, -0.05) is 114 Å². The van der Waals surface area contributed by atoms with Crippen LogP contribution >= 0.6 is 21.6 Å². The van der Waals surface area contributed by atoms with Crippen LogP contribution in [0.1, 0.15) is 63.6 Å². The molecule has 1 heterocycles. The zero-order valence-electron chi connectivity index (χ0n) is 55.7. The van der Waals surface area contributed by atoms with E-state index in [2.05, 4.69) is 26.6 Å². The number of rotatable bonds is 16. The van der Waals surface area contributed by atoms with Crippen molar-refractivity contribution in [2.75, 3.05) is 24.7 Å². The van der Waals surface area contributed by atoms with Crippen LogP contribution in [0.3, 0.4) is 0 Å². The molecule has 0 radical (unpaired) electrons. The van der Waals surface area contributed by atoms with E-state index >= 15 is 9.59 Å². The Labute approximate surface area is 593 Å². The van der Waals surface area contributed by atoms with Gasteiger partial charge in [0.05, 0.1) is 38.8 Å². The molecule has 6 aromatic rings. The lowest BCUT2D eigenvalue weighted by molar-refractivity contribution is -0.152. The normalized spacial score (nSPS) is 21.6. The fraction of sp³-hybridized carbons (Fsp3) is 0.353. The second-order valence-electron chi connectivity index (χ2n) is 24.4. The van der Waals surface area contributed by atoms with Crippen molar-refractivity contribution in [3.8, 4) is 11.5 Å². The van der Waals surface area contributed by atoms with Crippen molar-refractivity contribution < 1.29 is 107 Å². The Morgan fingerprint density at radius 2 is 0.990 bits per heavy atom. The molecule has 0 saturated carbocycles. The Hall–Kier alpha value is -11.5. The number of aromatic hydroxyl groups is 2. The Morgan fingerprint density at radius 3 is 1.51 bits per heavy atom. The number of aliphatic carboxylic acids is 3. The largest absolute Gasteiger partial charge is 0.508 e. The number of aliphatic hydroxyl groups is 1. The van der Waals surface area contributed by atoms with Crippen LogP contribution in [0.15, 0.2) is 103 Å². The smallest absolute Gasteiger partial charge is 0.305 e. The van der Waals surface area contributed by atoms with E-state index in [1.807, 2.05) is 52.3 Å². The van der Waals surface area contributed by atoms with Crippen LogP contribution in [0.5, 0.6) is 11.5 Å². The maximum atomic E-state index is 15.2. The quantitative estimate of drug-likeness (QED) is 0.0407. The number of carbonyl (C=O) groups excluding carboxylic acids is 13. The van der Waals surface area contributed by atoms with Crippen molar-refractivity contribution in [2.24, 2.45) is 11.7 Å². The lowest BCUT2D eigenvalue weighted by atomic mass is 9.91. The predicted molar refractivity (Wildman–Crippen MR) is 369 cm³/mol. The summed E-state index contributed by atoms with van der Waals surface area (Å²) in [7, 11) is 1.38. The molecule has 7 rings (SSSR count). The van der Waals surface area contributed by atoms with E-state index in [-0.39, 0.29) is 22.6 Å². The highest BCUT2D eigenvalue weighted by Crippen LogP contribution is 2.37. The van der Waals surface area contributed by atoms with E-state index in [1.54, 1.807) is 18.2 Å². The van der Waals surface area contributed by atoms with Crippen molar-refractivity contribution in [2.45, 2.75) is 121 Å². The van der Waals surface area contributed by atoms with E-state index in [0.717, 1.165) is 40.8 Å². The van der Waals surface area contributed by atoms with Gasteiger partial charge in [-0.05, 0) is 79.2 Å². The third kappa shape index (κ3) is 21.1. The molecule has 16 N–H and O–H groups in total. The summed E-state index contributed by atoms with van der Waals surface area (Å²) in [4.78, 5) is 223. The molecule has 13 amide bonds. The first kappa shape index (κ1) is 78.9. The minimum atomic E-state index is -2.14. The van der Waals surface area contributed by atoms with Gasteiger partial charge in [-0.25, -0.2) is 0 Å². The number of nitrogens with two attached hydrogens (primary N) is 1. The van der Waals surface area contributed by atoms with E-state index < -0.39 is 218 Å². The van der Waals surface area contributed by atoms with Crippen molar-refractivity contribution in [1.29, 1.82) is 0 Å². The summed E-state index contributed by atoms with van der Waals surface area (Å²) in [5, 5.41) is 82.9. The number of aliphatic hydroxyl groups excluding tert-OH is 1. The van der Waals surface area contributed by atoms with E-state index in [4.69, 9.17) is 5.73 Å². The van der Waals surface area contributed by atoms with E-state index in [9.17, 15) is 97.8 Å². The zero-order valence-corrected chi connectivity index (χ0v) is 57.3. The SMILES string of the molecule is CC(=O)N1C(=O)[C@H](Cc2ccc(O)cc2)NC(=O)C(CO)NC(=O)[C@H](CC(=O)O)NC(=O)CNC(=O)C(CC(=O)O)NC(=O)[C@H](Cc2ccc(O)cc2)NC(=O)C(CC(=O)O)NC(=O)C(C(C)C)NC(=O)[C@@H](N(C(C)=O)C(=O)Cc2ccc3ccc4cccc5ccc2c3c45)CSSCC1C(N)=O. The number of nitrogens with zero attached hydrogens (tertiary/aromatic N) is 2. The van der Waals surface area contributed by atoms with Crippen LogP contribution in [-0.2, 0) is 96.0 Å². The Bertz CT molecular complexity index is 4260. The summed E-state index contributed by atoms with van der Waals surface area (Å²) in [6.07, 6.45) is -5.31. The predicted octanol–water partition coefficient (Wildman–Crippen LogP) is -1.03. The highest BCUT2D eigenvalue weighted by atomic mass is 33.1. The Kier molecular flexibility index (Phi) is 27.4. The summed E-state index contributed by atoms with van der Waals surface area (Å²) in [5.74, 6) is -24.4. The number of amides is 13. The fourth-order valence-corrected chi connectivity index (χ4v) is 13.8. The number of benzene rings is 6. The average molecular weight is 1460 g/mol. The summed E-state index contributed by atoms with van der Waals surface area (Å²) >= 11 is 0. The second kappa shape index (κ2) is 35.7. The fourth-order valence-electron chi connectivity index (χ4n) is 11.4. The van der Waals surface area contributed by atoms with Crippen LogP contribution in [0.2, 0.25) is 0 Å². The molecule has 0 aromatic heterocycles. The van der Waals surface area contributed by atoms with Crippen LogP contribution < -0.4 is 48.3 Å². The first-order valence-corrected chi connectivity index (χ1v) is 34.3. The standard InChI is InChI=1S/C68H75N11O22S2/c1-32(2)59-67(100)74-47(27-56(91)92)64(97)72-44(22-35-8-17-41(83)18-9-35)62(95)73-45(25-54(87)88)61(94)70-28-52(85)71-46(26-55(89)90)63(96)76-49(29-80)65(98)75-48(23-36-10-19-42(84)20-11-36)68(101)79(34(4)82)50(60(69)93)30-102-103-31-51(66(99)77-59)78(33(3)81)53(86)24-40-15-14-39-13-12-37-6-5-7-38-16-21-43(40)58(39)57(37)38/h5-21,32,44-51,59,80,83-84H,22-31H2,1-4H3,(H2,69,93)(H,70,94)(H,71,85)(H,72,97)(H,73,95)(H,74,100)(H,75,98)(H,76,96)(H,77,99)(H,87,88)(H,89,90)(H,91,92)/t44-,45?,46-,47?,48-,49?,50?,51-,59?/m0/s1. The number of hydrogen-bond acceptors (Lipinski definition) is 21. The molecular formula is C68H75N11O22S2. The maximum Gasteiger partial charge on any atom is 0.305 e. The molecule has 1 saturated heterocycles. The average Bonchev–Trinajstić information content (AvgIpc) is 0.740. The first-order valence-electron chi connectivity index (χ1n) is 31.8. The minimum Gasteiger partial charge on any atom is -0.508 e. The number of nitrogens with one attached hydrogen (secondary N) is 8. The second-order valence-corrected chi connectivity index (χ2v) is 26.9. The lowest BCUT2D eigenvalue weighted by Crippen LogP contribution is -2.61. The highest BCUT2D eigenvalue weighted by Gasteiger charge is 2.42. The van der Waals surface area contributed by atoms with Gasteiger partial charge in [-0.2, -0.15) is 0 Å². The number of carbonyl (C=O) groups is 16. The molecule has 103 heavy (non-hydrogen) atoms. The Morgan fingerprint density at radius 1 is 0.534 bits per heavy atom. The third-order valence-electron chi connectivity index (χ3n) is 16.5. The van der Waals surface area contributed by atoms with E-state index in [0.29, 0.717) is 42.3 Å². The first-order chi connectivity index (χ1) is 48.7. The number of hydrogen-bond donors (Lipinski definition) is 15. The van der Waals surface area contributed by atoms with Gasteiger partial charge in [0.1, 0.15) is 65.9 Å². The minimum absolute atomic E-state index is 0.181. The molecule has 1 aliphatic heterocycles. The molecule has 546 valence electrons. The number of phenols is 2. The number of phenolic OH excluding ortho intramolecular Hbond substituents is 2. The summed E-state index contributed by atoms with van der Waals surface area (Å²) in [6, 6.07) is 8.65. The Balaban J connectivity index is 1.31. The zero-order chi connectivity index (χ0) is 75.7. The number of imide groups is 2. The summed E-state index contributed by atoms with van der Waals surface area (Å²) in [6.45, 7) is 2.20. The molecule has 0 bridgehead atoms. The van der Waals surface area contributed by atoms with Gasteiger partial charge < -0.3 is 78.9 Å². The van der Waals surface area contributed by atoms with Crippen molar-refractivity contribution in [3.63, 3.8) is 0 Å². The van der Waals surface area contributed by atoms with Gasteiger partial charge in [0, 0.05) is 38.2 Å². The van der Waals surface area contributed by atoms with Crippen molar-refractivity contribution in [3.05, 3.63) is 120 Å². The van der Waals surface area contributed by atoms with Crippen LogP contribution in [0, 0.1) is 5.92 Å². The number of carboxylic acid groups (broad SMARTS) is 3. The summed E-state index contributed by atoms with van der Waals surface area (Å²) in [5.41, 5.74) is 6.70. The number of carboxylic acids is 3. The molecule has 0 spiro atoms. The van der Waals surface area contributed by atoms with Gasteiger partial charge in [0.25, 0.3) is 5.91 Å². The third-order valence-corrected chi connectivity index (χ3v) is 18.9. The molecule has 1 aliphatic rings. The van der Waals surface area contributed by atoms with E-state index in [1.165, 1.54) is 62.4 Å². The summed E-state index contributed by atoms with van der Waals surface area (Å²) < 4.78 is 0. The molecule has 33 nitrogen and oxygen atoms in total.